The topological polar surface area (TPSA) is 47.3 Å². The Hall–Kier alpha value is -2.30. The predicted molar refractivity (Wildman–Crippen MR) is 80.3 cm³/mol. The fourth-order valence-electron chi connectivity index (χ4n) is 1.84. The van der Waals surface area contributed by atoms with Gasteiger partial charge in [-0.05, 0) is 24.6 Å². The number of nitrogens with one attached hydrogen (secondary N) is 1. The molecule has 0 unspecified atom stereocenters. The van der Waals surface area contributed by atoms with Gasteiger partial charge in [-0.1, -0.05) is 13.0 Å². The third kappa shape index (κ3) is 4.08. The molecule has 0 atom stereocenters. The molecule has 112 valence electrons. The largest absolute Gasteiger partial charge is 0.491 e. The van der Waals surface area contributed by atoms with Gasteiger partial charge < -0.3 is 15.8 Å². The summed E-state index contributed by atoms with van der Waals surface area (Å²) in [5.41, 5.74) is 7.54. The lowest BCUT2D eigenvalue weighted by molar-refractivity contribution is 0.319. The Bertz CT molecular complexity index is 617. The molecule has 2 rings (SSSR count). The Kier molecular flexibility index (Phi) is 4.98. The molecule has 0 radical (unpaired) electrons. The monoisotopic (exact) mass is 292 g/mol. The van der Waals surface area contributed by atoms with Gasteiger partial charge in [-0.3, -0.25) is 0 Å². The summed E-state index contributed by atoms with van der Waals surface area (Å²) in [7, 11) is 0. The molecular weight excluding hydrogens is 274 g/mol. The van der Waals surface area contributed by atoms with Crippen LogP contribution in [0, 0.1) is 11.6 Å². The molecular formula is C16H18F2N2O. The molecule has 0 aliphatic carbocycles. The first-order valence-electron chi connectivity index (χ1n) is 6.80. The molecule has 0 saturated heterocycles. The van der Waals surface area contributed by atoms with E-state index in [0.717, 1.165) is 18.2 Å². The number of hydrogen-bond donors (Lipinski definition) is 2. The molecule has 0 fully saturated rings. The molecule has 3 nitrogen and oxygen atoms in total. The summed E-state index contributed by atoms with van der Waals surface area (Å²) < 4.78 is 31.9. The molecule has 0 heterocycles. The van der Waals surface area contributed by atoms with E-state index in [1.54, 1.807) is 18.2 Å². The van der Waals surface area contributed by atoms with E-state index in [1.165, 1.54) is 12.1 Å². The molecule has 3 N–H and O–H groups in total. The lowest BCUT2D eigenvalue weighted by atomic mass is 10.2. The minimum atomic E-state index is -0.584. The zero-order chi connectivity index (χ0) is 15.2. The lowest BCUT2D eigenvalue weighted by Crippen LogP contribution is -2.04. The highest BCUT2D eigenvalue weighted by Crippen LogP contribution is 2.26. The van der Waals surface area contributed by atoms with E-state index in [-0.39, 0.29) is 6.54 Å². The van der Waals surface area contributed by atoms with Crippen LogP contribution in [0.2, 0.25) is 0 Å². The van der Waals surface area contributed by atoms with Crippen molar-refractivity contribution in [3.8, 4) is 5.75 Å². The number of anilines is 2. The molecule has 2 aromatic rings. The van der Waals surface area contributed by atoms with Crippen LogP contribution in [-0.2, 0) is 6.54 Å². The second-order valence-corrected chi connectivity index (χ2v) is 4.69. The maximum absolute atomic E-state index is 13.5. The number of hydrogen-bond acceptors (Lipinski definition) is 3. The van der Waals surface area contributed by atoms with Crippen molar-refractivity contribution in [3.05, 3.63) is 53.6 Å². The first-order chi connectivity index (χ1) is 10.1. The summed E-state index contributed by atoms with van der Waals surface area (Å²) >= 11 is 0. The summed E-state index contributed by atoms with van der Waals surface area (Å²) in [5.74, 6) is -0.555. The molecule has 5 heteroatoms. The van der Waals surface area contributed by atoms with Crippen LogP contribution in [-0.4, -0.2) is 6.61 Å². The fraction of sp³-hybridized carbons (Fsp3) is 0.250. The van der Waals surface area contributed by atoms with E-state index in [4.69, 9.17) is 10.5 Å². The summed E-state index contributed by atoms with van der Waals surface area (Å²) in [6, 6.07) is 8.81. The average molecular weight is 292 g/mol. The Morgan fingerprint density at radius 2 is 1.95 bits per heavy atom. The van der Waals surface area contributed by atoms with Crippen LogP contribution in [0.1, 0.15) is 18.9 Å². The Morgan fingerprint density at radius 3 is 2.67 bits per heavy atom. The van der Waals surface area contributed by atoms with Crippen LogP contribution >= 0.6 is 0 Å². The van der Waals surface area contributed by atoms with Crippen molar-refractivity contribution in [2.45, 2.75) is 19.9 Å². The number of benzene rings is 2. The molecule has 0 amide bonds. The van der Waals surface area contributed by atoms with Gasteiger partial charge in [0.15, 0.2) is 0 Å². The summed E-state index contributed by atoms with van der Waals surface area (Å²) in [4.78, 5) is 0. The second-order valence-electron chi connectivity index (χ2n) is 4.69. The van der Waals surface area contributed by atoms with Gasteiger partial charge in [-0.25, -0.2) is 8.78 Å². The second kappa shape index (κ2) is 6.92. The van der Waals surface area contributed by atoms with Gasteiger partial charge in [0.2, 0.25) is 0 Å². The van der Waals surface area contributed by atoms with Crippen molar-refractivity contribution in [1.82, 2.24) is 0 Å². The lowest BCUT2D eigenvalue weighted by Gasteiger charge is -2.12. The molecule has 0 bridgehead atoms. The summed E-state index contributed by atoms with van der Waals surface area (Å²) in [6.07, 6.45) is 0.887. The first-order valence-corrected chi connectivity index (χ1v) is 6.80. The Morgan fingerprint density at radius 1 is 1.14 bits per heavy atom. The number of ether oxygens (including phenoxy) is 1. The van der Waals surface area contributed by atoms with E-state index >= 15 is 0 Å². The molecule has 0 aromatic heterocycles. The number of halogens is 2. The van der Waals surface area contributed by atoms with Crippen LogP contribution in [0.3, 0.4) is 0 Å². The van der Waals surface area contributed by atoms with E-state index in [0.29, 0.717) is 23.6 Å². The average Bonchev–Trinajstić information content (AvgIpc) is 2.46. The smallest absolute Gasteiger partial charge is 0.144 e. The van der Waals surface area contributed by atoms with Crippen molar-refractivity contribution in [1.29, 1.82) is 0 Å². The van der Waals surface area contributed by atoms with Gasteiger partial charge in [-0.2, -0.15) is 0 Å². The molecule has 0 aliphatic rings. The molecule has 0 aliphatic heterocycles. The third-order valence-corrected chi connectivity index (χ3v) is 2.97. The summed E-state index contributed by atoms with van der Waals surface area (Å²) in [6.45, 7) is 2.85. The van der Waals surface area contributed by atoms with E-state index < -0.39 is 11.6 Å². The highest BCUT2D eigenvalue weighted by Gasteiger charge is 2.05. The van der Waals surface area contributed by atoms with Crippen molar-refractivity contribution in [2.75, 3.05) is 17.7 Å². The van der Waals surface area contributed by atoms with E-state index in [2.05, 4.69) is 5.32 Å². The molecule has 21 heavy (non-hydrogen) atoms. The maximum atomic E-state index is 13.5. The quantitative estimate of drug-likeness (QED) is 0.793. The number of nitrogens with two attached hydrogens (primary N) is 1. The van der Waals surface area contributed by atoms with Gasteiger partial charge >= 0.3 is 0 Å². The van der Waals surface area contributed by atoms with Crippen molar-refractivity contribution < 1.29 is 13.5 Å². The normalized spacial score (nSPS) is 10.4. The van der Waals surface area contributed by atoms with Crippen LogP contribution < -0.4 is 15.8 Å². The van der Waals surface area contributed by atoms with Crippen LogP contribution in [0.4, 0.5) is 20.2 Å². The van der Waals surface area contributed by atoms with Gasteiger partial charge in [0.05, 0.1) is 12.3 Å². The van der Waals surface area contributed by atoms with Crippen molar-refractivity contribution in [2.24, 2.45) is 0 Å². The van der Waals surface area contributed by atoms with Gasteiger partial charge in [0.1, 0.15) is 17.4 Å². The Balaban J connectivity index is 2.05. The SMILES string of the molecule is CCCOc1cc(NCc2ccc(F)cc2F)ccc1N. The maximum Gasteiger partial charge on any atom is 0.144 e. The van der Waals surface area contributed by atoms with E-state index in [9.17, 15) is 8.78 Å². The molecule has 0 spiro atoms. The first kappa shape index (κ1) is 15.1. The zero-order valence-electron chi connectivity index (χ0n) is 11.8. The molecule has 2 aromatic carbocycles. The standard InChI is InChI=1S/C16H18F2N2O/c1-2-7-21-16-9-13(5-6-15(16)19)20-10-11-3-4-12(17)8-14(11)18/h3-6,8-9,20H,2,7,10,19H2,1H3. The fourth-order valence-corrected chi connectivity index (χ4v) is 1.84. The van der Waals surface area contributed by atoms with Gasteiger partial charge in [-0.15, -0.1) is 0 Å². The van der Waals surface area contributed by atoms with Crippen molar-refractivity contribution in [3.63, 3.8) is 0 Å². The zero-order valence-corrected chi connectivity index (χ0v) is 11.8. The van der Waals surface area contributed by atoms with Crippen molar-refractivity contribution >= 4 is 11.4 Å². The molecule has 0 saturated carbocycles. The van der Waals surface area contributed by atoms with Crippen LogP contribution in [0.15, 0.2) is 36.4 Å². The van der Waals surface area contributed by atoms with Gasteiger partial charge in [0, 0.05) is 29.9 Å². The third-order valence-electron chi connectivity index (χ3n) is 2.97. The summed E-state index contributed by atoms with van der Waals surface area (Å²) in [5, 5.41) is 3.07. The highest BCUT2D eigenvalue weighted by atomic mass is 19.1. The number of rotatable bonds is 6. The van der Waals surface area contributed by atoms with Crippen LogP contribution in [0.5, 0.6) is 5.75 Å². The minimum Gasteiger partial charge on any atom is -0.491 e. The minimum absolute atomic E-state index is 0.253. The Labute approximate surface area is 122 Å². The van der Waals surface area contributed by atoms with E-state index in [1.807, 2.05) is 6.92 Å². The van der Waals surface area contributed by atoms with Crippen LogP contribution in [0.25, 0.3) is 0 Å². The van der Waals surface area contributed by atoms with Gasteiger partial charge in [0.25, 0.3) is 0 Å². The predicted octanol–water partition coefficient (Wildman–Crippen LogP) is 3.95. The highest BCUT2D eigenvalue weighted by molar-refractivity contribution is 5.61. The number of nitrogen functional groups attached to an aromatic ring is 1.